The maximum Gasteiger partial charge on any atom is 0.229 e. The molecule has 0 radical (unpaired) electrons. The van der Waals surface area contributed by atoms with Crippen LogP contribution in [0, 0.1) is 3.57 Å². The van der Waals surface area contributed by atoms with Crippen molar-refractivity contribution in [3.05, 3.63) is 62.7 Å². The van der Waals surface area contributed by atoms with E-state index in [2.05, 4.69) is 65.5 Å². The van der Waals surface area contributed by atoms with E-state index in [0.717, 1.165) is 21.0 Å². The number of halogens is 1. The summed E-state index contributed by atoms with van der Waals surface area (Å²) >= 11 is 2.06. The van der Waals surface area contributed by atoms with Crippen molar-refractivity contribution in [1.82, 2.24) is 5.32 Å². The molecule has 152 valence electrons. The molecular formula is C21H27IN2O3S. The molecule has 1 amide bonds. The highest BCUT2D eigenvalue weighted by Crippen LogP contribution is 2.25. The Morgan fingerprint density at radius 3 is 2.21 bits per heavy atom. The third-order valence-corrected chi connectivity index (χ3v) is 5.95. The van der Waals surface area contributed by atoms with Gasteiger partial charge < -0.3 is 5.32 Å². The maximum atomic E-state index is 12.5. The van der Waals surface area contributed by atoms with Crippen LogP contribution in [0.25, 0.3) is 0 Å². The van der Waals surface area contributed by atoms with Crippen LogP contribution >= 0.6 is 22.6 Å². The van der Waals surface area contributed by atoms with Crippen molar-refractivity contribution in [1.29, 1.82) is 0 Å². The van der Waals surface area contributed by atoms with Crippen LogP contribution in [0.4, 0.5) is 5.69 Å². The first-order valence-electron chi connectivity index (χ1n) is 9.01. The molecule has 0 spiro atoms. The second-order valence-electron chi connectivity index (χ2n) is 8.00. The van der Waals surface area contributed by atoms with Crippen molar-refractivity contribution in [3.63, 3.8) is 0 Å². The second kappa shape index (κ2) is 8.82. The third-order valence-electron chi connectivity index (χ3n) is 4.47. The molecule has 0 aliphatic carbocycles. The molecule has 2 rings (SSSR count). The van der Waals surface area contributed by atoms with Crippen LogP contribution in [-0.2, 0) is 26.8 Å². The van der Waals surface area contributed by atoms with Crippen molar-refractivity contribution in [2.45, 2.75) is 45.6 Å². The Morgan fingerprint density at radius 1 is 1.11 bits per heavy atom. The topological polar surface area (TPSA) is 75.3 Å². The minimum absolute atomic E-state index is 0.0699. The van der Waals surface area contributed by atoms with Crippen LogP contribution in [0.3, 0.4) is 0 Å². The number of anilines is 1. The molecule has 2 aromatic carbocycles. The summed E-state index contributed by atoms with van der Waals surface area (Å²) < 4.78 is 26.0. The molecule has 0 saturated heterocycles. The summed E-state index contributed by atoms with van der Waals surface area (Å²) in [5, 5.41) is 2.97. The summed E-state index contributed by atoms with van der Waals surface area (Å²) in [5.74, 6) is -0.408. The smallest absolute Gasteiger partial charge is 0.229 e. The number of rotatable bonds is 6. The minimum Gasteiger partial charge on any atom is -0.352 e. The van der Waals surface area contributed by atoms with Gasteiger partial charge in [-0.3, -0.25) is 9.52 Å². The summed E-state index contributed by atoms with van der Waals surface area (Å²) in [6.07, 6.45) is 1.11. The average Bonchev–Trinajstić information content (AvgIpc) is 2.59. The Morgan fingerprint density at radius 2 is 1.71 bits per heavy atom. The maximum absolute atomic E-state index is 12.5. The lowest BCUT2D eigenvalue weighted by Gasteiger charge is -2.19. The average molecular weight is 514 g/mol. The number of carbonyl (C=O) groups excluding carboxylic acids is 1. The number of benzene rings is 2. The molecule has 28 heavy (non-hydrogen) atoms. The summed E-state index contributed by atoms with van der Waals surface area (Å²) in [7, 11) is -3.33. The molecule has 0 fully saturated rings. The van der Waals surface area contributed by atoms with Crippen LogP contribution in [-0.4, -0.2) is 20.6 Å². The predicted molar refractivity (Wildman–Crippen MR) is 123 cm³/mol. The monoisotopic (exact) mass is 514 g/mol. The van der Waals surface area contributed by atoms with Gasteiger partial charge in [-0.25, -0.2) is 8.42 Å². The Bertz CT molecular complexity index is 949. The fourth-order valence-electron chi connectivity index (χ4n) is 2.70. The zero-order valence-electron chi connectivity index (χ0n) is 16.8. The molecule has 0 heterocycles. The first kappa shape index (κ1) is 22.7. The van der Waals surface area contributed by atoms with E-state index in [1.165, 1.54) is 5.56 Å². The third kappa shape index (κ3) is 6.48. The molecule has 0 aromatic heterocycles. The molecule has 0 bridgehead atoms. The van der Waals surface area contributed by atoms with Crippen LogP contribution in [0.2, 0.25) is 0 Å². The van der Waals surface area contributed by atoms with E-state index in [1.54, 1.807) is 12.1 Å². The summed E-state index contributed by atoms with van der Waals surface area (Å²) in [6, 6.07) is 13.6. The van der Waals surface area contributed by atoms with Gasteiger partial charge >= 0.3 is 0 Å². The van der Waals surface area contributed by atoms with Crippen LogP contribution in [0.5, 0.6) is 0 Å². The van der Waals surface area contributed by atoms with Crippen LogP contribution in [0.15, 0.2) is 42.5 Å². The van der Waals surface area contributed by atoms with Crippen molar-refractivity contribution in [2.75, 3.05) is 11.0 Å². The van der Waals surface area contributed by atoms with Gasteiger partial charge in [-0.1, -0.05) is 51.1 Å². The van der Waals surface area contributed by atoms with Gasteiger partial charge in [0.15, 0.2) is 0 Å². The van der Waals surface area contributed by atoms with Crippen molar-refractivity contribution < 1.29 is 13.2 Å². The van der Waals surface area contributed by atoms with Gasteiger partial charge in [0.25, 0.3) is 0 Å². The highest BCUT2D eigenvalue weighted by atomic mass is 127. The lowest BCUT2D eigenvalue weighted by atomic mass is 9.87. The standard InChI is InChI=1S/C21H27IN2O3S/c1-14(16-8-11-19(18(22)12-16)24-28(5,26)27)20(25)23-13-15-6-9-17(10-7-15)21(2,3)4/h6-12,14,24H,13H2,1-5H3,(H,23,25). The van der Waals surface area contributed by atoms with Crippen molar-refractivity contribution in [3.8, 4) is 0 Å². The van der Waals surface area contributed by atoms with E-state index in [-0.39, 0.29) is 17.2 Å². The SMILES string of the molecule is CC(C(=O)NCc1ccc(C(C)(C)C)cc1)c1ccc(NS(C)(=O)=O)c(I)c1. The number of hydrogen-bond donors (Lipinski definition) is 2. The van der Waals surface area contributed by atoms with E-state index < -0.39 is 10.0 Å². The molecule has 2 aromatic rings. The fourth-order valence-corrected chi connectivity index (χ4v) is 4.13. The molecular weight excluding hydrogens is 487 g/mol. The predicted octanol–water partition coefficient (Wildman–Crippen LogP) is 4.38. The van der Waals surface area contributed by atoms with Crippen molar-refractivity contribution in [2.24, 2.45) is 0 Å². The Balaban J connectivity index is 2.01. The van der Waals surface area contributed by atoms with Gasteiger partial charge in [0.1, 0.15) is 0 Å². The number of sulfonamides is 1. The quantitative estimate of drug-likeness (QED) is 0.562. The minimum atomic E-state index is -3.33. The number of hydrogen-bond acceptors (Lipinski definition) is 3. The number of nitrogens with one attached hydrogen (secondary N) is 2. The molecule has 1 unspecified atom stereocenters. The Labute approximate surface area is 181 Å². The van der Waals surface area contributed by atoms with Gasteiger partial charge in [-0.15, -0.1) is 0 Å². The molecule has 5 nitrogen and oxygen atoms in total. The molecule has 7 heteroatoms. The van der Waals surface area contributed by atoms with E-state index >= 15 is 0 Å². The summed E-state index contributed by atoms with van der Waals surface area (Å²) in [6.45, 7) is 8.82. The van der Waals surface area contributed by atoms with Crippen LogP contribution in [0.1, 0.15) is 50.3 Å². The first-order chi connectivity index (χ1) is 12.9. The van der Waals surface area contributed by atoms with Crippen LogP contribution < -0.4 is 10.0 Å². The summed E-state index contributed by atoms with van der Waals surface area (Å²) in [5.41, 5.74) is 3.76. The fraction of sp³-hybridized carbons (Fsp3) is 0.381. The van der Waals surface area contributed by atoms with Crippen molar-refractivity contribution >= 4 is 44.2 Å². The largest absolute Gasteiger partial charge is 0.352 e. The van der Waals surface area contributed by atoms with E-state index in [0.29, 0.717) is 12.2 Å². The van der Waals surface area contributed by atoms with Gasteiger partial charge in [0.05, 0.1) is 17.9 Å². The Hall–Kier alpha value is -1.61. The lowest BCUT2D eigenvalue weighted by Crippen LogP contribution is -2.27. The zero-order chi connectivity index (χ0) is 21.1. The highest BCUT2D eigenvalue weighted by molar-refractivity contribution is 14.1. The molecule has 0 saturated carbocycles. The second-order valence-corrected chi connectivity index (χ2v) is 10.9. The normalized spacial score (nSPS) is 13.1. The van der Waals surface area contributed by atoms with Gasteiger partial charge in [0, 0.05) is 10.1 Å². The van der Waals surface area contributed by atoms with E-state index in [4.69, 9.17) is 0 Å². The Kier molecular flexibility index (Phi) is 7.14. The molecule has 2 N–H and O–H groups in total. The highest BCUT2D eigenvalue weighted by Gasteiger charge is 2.17. The van der Waals surface area contributed by atoms with E-state index in [9.17, 15) is 13.2 Å². The summed E-state index contributed by atoms with van der Waals surface area (Å²) in [4.78, 5) is 12.5. The van der Waals surface area contributed by atoms with Gasteiger partial charge in [0.2, 0.25) is 15.9 Å². The lowest BCUT2D eigenvalue weighted by molar-refractivity contribution is -0.122. The molecule has 0 aliphatic rings. The first-order valence-corrected chi connectivity index (χ1v) is 12.0. The van der Waals surface area contributed by atoms with Gasteiger partial charge in [-0.2, -0.15) is 0 Å². The van der Waals surface area contributed by atoms with Gasteiger partial charge in [-0.05, 0) is 63.8 Å². The zero-order valence-corrected chi connectivity index (χ0v) is 19.8. The van der Waals surface area contributed by atoms with E-state index in [1.807, 2.05) is 25.1 Å². The number of carbonyl (C=O) groups is 1. The molecule has 0 aliphatic heterocycles. The number of amides is 1. The molecule has 1 atom stereocenters.